The minimum atomic E-state index is -1.26. The summed E-state index contributed by atoms with van der Waals surface area (Å²) < 4.78 is 10.7. The Kier molecular flexibility index (Phi) is 7.37. The molecule has 2 rings (SSSR count). The SMILES string of the molecule is CCNC(=O)NC(=O)[C@@H](OC(=O)COc1cccc(C)c1)c1ccccc1. The number of aryl methyl sites for hydroxylation is 1. The Morgan fingerprint density at radius 2 is 1.78 bits per heavy atom. The van der Waals surface area contributed by atoms with Crippen LogP contribution in [0.2, 0.25) is 0 Å². The topological polar surface area (TPSA) is 93.7 Å². The molecule has 7 heteroatoms. The van der Waals surface area contributed by atoms with Gasteiger partial charge in [0.1, 0.15) is 5.75 Å². The Labute approximate surface area is 157 Å². The van der Waals surface area contributed by atoms with Gasteiger partial charge in [-0.3, -0.25) is 10.1 Å². The third-order valence-electron chi connectivity index (χ3n) is 3.51. The number of hydrogen-bond acceptors (Lipinski definition) is 5. The van der Waals surface area contributed by atoms with Crippen LogP contribution in [-0.4, -0.2) is 31.1 Å². The molecule has 2 aromatic carbocycles. The number of hydrogen-bond donors (Lipinski definition) is 2. The molecule has 0 spiro atoms. The maximum atomic E-state index is 12.4. The molecule has 0 saturated carbocycles. The van der Waals surface area contributed by atoms with Crippen molar-refractivity contribution in [2.75, 3.05) is 13.2 Å². The zero-order valence-electron chi connectivity index (χ0n) is 15.2. The first-order chi connectivity index (χ1) is 13.0. The van der Waals surface area contributed by atoms with E-state index < -0.39 is 24.0 Å². The molecular weight excluding hydrogens is 348 g/mol. The highest BCUT2D eigenvalue weighted by atomic mass is 16.6. The Morgan fingerprint density at radius 1 is 1.04 bits per heavy atom. The molecule has 0 aliphatic heterocycles. The van der Waals surface area contributed by atoms with Gasteiger partial charge in [-0.1, -0.05) is 42.5 Å². The van der Waals surface area contributed by atoms with Crippen LogP contribution >= 0.6 is 0 Å². The summed E-state index contributed by atoms with van der Waals surface area (Å²) >= 11 is 0. The van der Waals surface area contributed by atoms with E-state index >= 15 is 0 Å². The van der Waals surface area contributed by atoms with Gasteiger partial charge in [0.15, 0.2) is 6.61 Å². The van der Waals surface area contributed by atoms with Crippen LogP contribution in [0.15, 0.2) is 54.6 Å². The number of amides is 3. The molecule has 0 fully saturated rings. The summed E-state index contributed by atoms with van der Waals surface area (Å²) in [6.45, 7) is 3.63. The molecular formula is C20H22N2O5. The minimum absolute atomic E-state index is 0.360. The largest absolute Gasteiger partial charge is 0.482 e. The fourth-order valence-corrected chi connectivity index (χ4v) is 2.30. The highest BCUT2D eigenvalue weighted by molar-refractivity contribution is 5.97. The zero-order valence-corrected chi connectivity index (χ0v) is 15.2. The Bertz CT molecular complexity index is 792. The van der Waals surface area contributed by atoms with Crippen LogP contribution < -0.4 is 15.4 Å². The third-order valence-corrected chi connectivity index (χ3v) is 3.51. The monoisotopic (exact) mass is 370 g/mol. The van der Waals surface area contributed by atoms with Crippen LogP contribution in [-0.2, 0) is 14.3 Å². The summed E-state index contributed by atoms with van der Waals surface area (Å²) in [7, 11) is 0. The highest BCUT2D eigenvalue weighted by Gasteiger charge is 2.26. The summed E-state index contributed by atoms with van der Waals surface area (Å²) in [5.41, 5.74) is 1.44. The van der Waals surface area contributed by atoms with Crippen molar-refractivity contribution in [1.29, 1.82) is 0 Å². The van der Waals surface area contributed by atoms with Crippen molar-refractivity contribution < 1.29 is 23.9 Å². The van der Waals surface area contributed by atoms with Crippen molar-refractivity contribution in [2.45, 2.75) is 20.0 Å². The summed E-state index contributed by atoms with van der Waals surface area (Å²) in [6.07, 6.45) is -1.26. The second-order valence-corrected chi connectivity index (χ2v) is 5.73. The molecule has 0 unspecified atom stereocenters. The second kappa shape index (κ2) is 9.96. The maximum Gasteiger partial charge on any atom is 0.345 e. The summed E-state index contributed by atoms with van der Waals surface area (Å²) in [5.74, 6) is -0.942. The lowest BCUT2D eigenvalue weighted by Gasteiger charge is -2.18. The molecule has 27 heavy (non-hydrogen) atoms. The molecule has 3 amide bonds. The van der Waals surface area contributed by atoms with Crippen LogP contribution in [0.25, 0.3) is 0 Å². The van der Waals surface area contributed by atoms with Gasteiger partial charge in [0.25, 0.3) is 5.91 Å². The number of carbonyl (C=O) groups excluding carboxylic acids is 3. The number of urea groups is 1. The second-order valence-electron chi connectivity index (χ2n) is 5.73. The van der Waals surface area contributed by atoms with Crippen LogP contribution in [0.5, 0.6) is 5.75 Å². The van der Waals surface area contributed by atoms with Gasteiger partial charge in [0.05, 0.1) is 0 Å². The molecule has 1 atom stereocenters. The van der Waals surface area contributed by atoms with Gasteiger partial charge in [-0.05, 0) is 31.5 Å². The fourth-order valence-electron chi connectivity index (χ4n) is 2.30. The number of benzene rings is 2. The molecule has 7 nitrogen and oxygen atoms in total. The highest BCUT2D eigenvalue weighted by Crippen LogP contribution is 2.18. The molecule has 0 aromatic heterocycles. The lowest BCUT2D eigenvalue weighted by atomic mass is 10.1. The van der Waals surface area contributed by atoms with E-state index in [9.17, 15) is 14.4 Å². The van der Waals surface area contributed by atoms with Crippen molar-refractivity contribution in [3.05, 3.63) is 65.7 Å². The average molecular weight is 370 g/mol. The quantitative estimate of drug-likeness (QED) is 0.731. The van der Waals surface area contributed by atoms with Gasteiger partial charge < -0.3 is 14.8 Å². The lowest BCUT2D eigenvalue weighted by Crippen LogP contribution is -2.42. The first-order valence-electron chi connectivity index (χ1n) is 8.52. The zero-order chi connectivity index (χ0) is 19.6. The number of esters is 1. The van der Waals surface area contributed by atoms with E-state index in [1.165, 1.54) is 0 Å². The normalized spacial score (nSPS) is 11.2. The van der Waals surface area contributed by atoms with Crippen molar-refractivity contribution >= 4 is 17.9 Å². The van der Waals surface area contributed by atoms with Gasteiger partial charge in [-0.2, -0.15) is 0 Å². The number of nitrogens with one attached hydrogen (secondary N) is 2. The van der Waals surface area contributed by atoms with Gasteiger partial charge in [0, 0.05) is 12.1 Å². The van der Waals surface area contributed by atoms with Crippen LogP contribution in [0.1, 0.15) is 24.2 Å². The Morgan fingerprint density at radius 3 is 2.44 bits per heavy atom. The van der Waals surface area contributed by atoms with Crippen LogP contribution in [0, 0.1) is 6.92 Å². The molecule has 0 bridgehead atoms. The van der Waals surface area contributed by atoms with E-state index in [0.717, 1.165) is 5.56 Å². The van der Waals surface area contributed by atoms with Crippen LogP contribution in [0.4, 0.5) is 4.79 Å². The smallest absolute Gasteiger partial charge is 0.345 e. The average Bonchev–Trinajstić information content (AvgIpc) is 2.65. The predicted octanol–water partition coefficient (Wildman–Crippen LogP) is 2.50. The van der Waals surface area contributed by atoms with Crippen LogP contribution in [0.3, 0.4) is 0 Å². The molecule has 0 aliphatic rings. The summed E-state index contributed by atoms with van der Waals surface area (Å²) in [6, 6.07) is 15.0. The van der Waals surface area contributed by atoms with E-state index in [1.807, 2.05) is 19.1 Å². The lowest BCUT2D eigenvalue weighted by molar-refractivity contribution is -0.158. The first-order valence-corrected chi connectivity index (χ1v) is 8.52. The van der Waals surface area contributed by atoms with E-state index in [4.69, 9.17) is 9.47 Å². The Hall–Kier alpha value is -3.35. The number of imide groups is 1. The van der Waals surface area contributed by atoms with E-state index in [2.05, 4.69) is 10.6 Å². The summed E-state index contributed by atoms with van der Waals surface area (Å²) in [4.78, 5) is 36.2. The van der Waals surface area contributed by atoms with Crippen molar-refractivity contribution in [2.24, 2.45) is 0 Å². The Balaban J connectivity index is 2.03. The summed E-state index contributed by atoms with van der Waals surface area (Å²) in [5, 5.41) is 4.61. The molecule has 0 heterocycles. The van der Waals surface area contributed by atoms with Crippen molar-refractivity contribution in [1.82, 2.24) is 10.6 Å². The van der Waals surface area contributed by atoms with E-state index in [1.54, 1.807) is 49.4 Å². The predicted molar refractivity (Wildman–Crippen MR) is 99.2 cm³/mol. The molecule has 2 N–H and O–H groups in total. The van der Waals surface area contributed by atoms with Crippen molar-refractivity contribution in [3.8, 4) is 5.75 Å². The van der Waals surface area contributed by atoms with E-state index in [-0.39, 0.29) is 6.61 Å². The van der Waals surface area contributed by atoms with Gasteiger partial charge in [0.2, 0.25) is 6.10 Å². The fraction of sp³-hybridized carbons (Fsp3) is 0.250. The molecule has 0 aliphatic carbocycles. The minimum Gasteiger partial charge on any atom is -0.482 e. The molecule has 0 radical (unpaired) electrons. The first kappa shape index (κ1) is 20.0. The van der Waals surface area contributed by atoms with Gasteiger partial charge in [-0.15, -0.1) is 0 Å². The standard InChI is InChI=1S/C20H22N2O5/c1-3-21-20(25)22-19(24)18(15-9-5-4-6-10-15)27-17(23)13-26-16-11-7-8-14(2)12-16/h4-12,18H,3,13H2,1-2H3,(H2,21,22,24,25)/t18-/m0/s1. The van der Waals surface area contributed by atoms with Gasteiger partial charge in [-0.25, -0.2) is 9.59 Å². The number of rotatable bonds is 7. The number of carbonyl (C=O) groups is 3. The molecule has 142 valence electrons. The molecule has 2 aromatic rings. The molecule has 0 saturated heterocycles. The third kappa shape index (κ3) is 6.47. The van der Waals surface area contributed by atoms with Gasteiger partial charge >= 0.3 is 12.0 Å². The van der Waals surface area contributed by atoms with Crippen molar-refractivity contribution in [3.63, 3.8) is 0 Å². The number of ether oxygens (including phenoxy) is 2. The van der Waals surface area contributed by atoms with E-state index in [0.29, 0.717) is 17.9 Å². The maximum absolute atomic E-state index is 12.4.